The number of para-hydroxylation sites is 1. The van der Waals surface area contributed by atoms with Crippen LogP contribution in [0.1, 0.15) is 22.8 Å². The summed E-state index contributed by atoms with van der Waals surface area (Å²) >= 11 is 0. The third-order valence-corrected chi connectivity index (χ3v) is 4.12. The minimum absolute atomic E-state index is 0.616. The number of anilines is 1. The molecule has 0 fully saturated rings. The van der Waals surface area contributed by atoms with Gasteiger partial charge in [-0.1, -0.05) is 30.3 Å². The van der Waals surface area contributed by atoms with Gasteiger partial charge in [-0.25, -0.2) is 0 Å². The van der Waals surface area contributed by atoms with Crippen LogP contribution in [0.2, 0.25) is 0 Å². The van der Waals surface area contributed by atoms with Crippen molar-refractivity contribution in [3.05, 3.63) is 71.4 Å². The number of hydrogen-bond donors (Lipinski definition) is 2. The zero-order valence-corrected chi connectivity index (χ0v) is 11.6. The number of pyridine rings is 1. The van der Waals surface area contributed by atoms with Gasteiger partial charge in [-0.05, 0) is 35.7 Å². The molecule has 2 heterocycles. The minimum atomic E-state index is -0.616. The lowest BCUT2D eigenvalue weighted by atomic mass is 9.96. The molecule has 0 saturated carbocycles. The van der Waals surface area contributed by atoms with E-state index >= 15 is 0 Å². The van der Waals surface area contributed by atoms with Crippen molar-refractivity contribution in [1.82, 2.24) is 4.98 Å². The zero-order chi connectivity index (χ0) is 14.2. The summed E-state index contributed by atoms with van der Waals surface area (Å²) in [6.07, 6.45) is 2.19. The predicted molar refractivity (Wildman–Crippen MR) is 84.4 cm³/mol. The number of hydrogen-bond acceptors (Lipinski definition) is 3. The Balaban J connectivity index is 1.80. The highest BCUT2D eigenvalue weighted by Gasteiger charge is 2.20. The number of aliphatic hydroxyl groups is 1. The summed E-state index contributed by atoms with van der Waals surface area (Å²) in [4.78, 5) is 4.32. The lowest BCUT2D eigenvalue weighted by Gasteiger charge is -2.16. The number of rotatable bonds is 2. The highest BCUT2D eigenvalue weighted by Crippen LogP contribution is 2.34. The first-order valence-electron chi connectivity index (χ1n) is 7.21. The van der Waals surface area contributed by atoms with Crippen molar-refractivity contribution in [2.45, 2.75) is 12.5 Å². The highest BCUT2D eigenvalue weighted by atomic mass is 16.3. The minimum Gasteiger partial charge on any atom is -0.384 e. The fraction of sp³-hybridized carbons (Fsp3) is 0.167. The van der Waals surface area contributed by atoms with E-state index in [0.717, 1.165) is 40.7 Å². The maximum atomic E-state index is 10.8. The topological polar surface area (TPSA) is 45.2 Å². The van der Waals surface area contributed by atoms with Gasteiger partial charge >= 0.3 is 0 Å². The Hall–Kier alpha value is -2.39. The smallest absolute Gasteiger partial charge is 0.106 e. The fourth-order valence-corrected chi connectivity index (χ4v) is 3.04. The van der Waals surface area contributed by atoms with Crippen molar-refractivity contribution in [3.63, 3.8) is 0 Å². The molecule has 21 heavy (non-hydrogen) atoms. The molecule has 1 aromatic heterocycles. The summed E-state index contributed by atoms with van der Waals surface area (Å²) in [5, 5.41) is 15.2. The fourth-order valence-electron chi connectivity index (χ4n) is 3.04. The number of aromatic nitrogens is 1. The monoisotopic (exact) mass is 276 g/mol. The first kappa shape index (κ1) is 12.4. The van der Waals surface area contributed by atoms with Crippen molar-refractivity contribution in [2.75, 3.05) is 11.9 Å². The maximum absolute atomic E-state index is 10.8. The summed E-state index contributed by atoms with van der Waals surface area (Å²) in [7, 11) is 0. The molecule has 1 unspecified atom stereocenters. The van der Waals surface area contributed by atoms with Crippen molar-refractivity contribution < 1.29 is 5.11 Å². The second-order valence-electron chi connectivity index (χ2n) is 5.42. The van der Waals surface area contributed by atoms with Crippen molar-refractivity contribution in [1.29, 1.82) is 0 Å². The van der Waals surface area contributed by atoms with E-state index in [2.05, 4.69) is 16.4 Å². The van der Waals surface area contributed by atoms with E-state index in [1.165, 1.54) is 5.56 Å². The molecule has 3 heteroatoms. The Morgan fingerprint density at radius 1 is 1.10 bits per heavy atom. The molecule has 1 aliphatic rings. The molecule has 0 spiro atoms. The van der Waals surface area contributed by atoms with Gasteiger partial charge in [0, 0.05) is 29.4 Å². The largest absolute Gasteiger partial charge is 0.384 e. The van der Waals surface area contributed by atoms with Gasteiger partial charge in [-0.2, -0.15) is 0 Å². The molecule has 104 valence electrons. The van der Waals surface area contributed by atoms with E-state index < -0.39 is 6.10 Å². The number of fused-ring (bicyclic) bond motifs is 2. The maximum Gasteiger partial charge on any atom is 0.106 e. The highest BCUT2D eigenvalue weighted by molar-refractivity contribution is 5.79. The molecule has 3 aromatic rings. The van der Waals surface area contributed by atoms with Gasteiger partial charge in [0.05, 0.1) is 5.52 Å². The van der Waals surface area contributed by atoms with Crippen LogP contribution < -0.4 is 5.32 Å². The van der Waals surface area contributed by atoms with Gasteiger partial charge in [-0.15, -0.1) is 0 Å². The van der Waals surface area contributed by atoms with E-state index in [1.54, 1.807) is 6.20 Å². The number of nitrogens with zero attached hydrogens (tertiary/aromatic N) is 1. The van der Waals surface area contributed by atoms with Gasteiger partial charge in [0.2, 0.25) is 0 Å². The van der Waals surface area contributed by atoms with Crippen LogP contribution in [-0.2, 0) is 6.42 Å². The summed E-state index contributed by atoms with van der Waals surface area (Å²) in [6.45, 7) is 0.945. The molecule has 0 aliphatic carbocycles. The van der Waals surface area contributed by atoms with E-state index in [9.17, 15) is 5.11 Å². The van der Waals surface area contributed by atoms with Gasteiger partial charge in [0.25, 0.3) is 0 Å². The van der Waals surface area contributed by atoms with Crippen LogP contribution in [0.4, 0.5) is 5.69 Å². The molecule has 1 atom stereocenters. The normalized spacial score (nSPS) is 14.7. The average Bonchev–Trinajstić information content (AvgIpc) is 3.02. The van der Waals surface area contributed by atoms with Crippen molar-refractivity contribution >= 4 is 16.6 Å². The molecule has 0 bridgehead atoms. The van der Waals surface area contributed by atoms with Gasteiger partial charge in [-0.3, -0.25) is 4.98 Å². The quantitative estimate of drug-likeness (QED) is 0.755. The van der Waals surface area contributed by atoms with Crippen LogP contribution in [0, 0.1) is 0 Å². The molecular weight excluding hydrogens is 260 g/mol. The lowest BCUT2D eigenvalue weighted by Crippen LogP contribution is -2.04. The third-order valence-electron chi connectivity index (χ3n) is 4.12. The predicted octanol–water partition coefficient (Wildman–Crippen LogP) is 3.28. The van der Waals surface area contributed by atoms with E-state index in [-0.39, 0.29) is 0 Å². The molecule has 0 radical (unpaired) electrons. The van der Waals surface area contributed by atoms with E-state index in [1.807, 2.05) is 42.5 Å². The molecule has 0 saturated heterocycles. The van der Waals surface area contributed by atoms with Crippen LogP contribution in [0.15, 0.2) is 54.7 Å². The summed E-state index contributed by atoms with van der Waals surface area (Å²) in [5.74, 6) is 0. The van der Waals surface area contributed by atoms with Crippen LogP contribution in [0.3, 0.4) is 0 Å². The summed E-state index contributed by atoms with van der Waals surface area (Å²) in [6, 6.07) is 16.0. The molecule has 1 aliphatic heterocycles. The van der Waals surface area contributed by atoms with Gasteiger partial charge in [0.1, 0.15) is 6.10 Å². The Morgan fingerprint density at radius 3 is 3.00 bits per heavy atom. The lowest BCUT2D eigenvalue weighted by molar-refractivity contribution is 0.221. The molecule has 4 rings (SSSR count). The van der Waals surface area contributed by atoms with Crippen LogP contribution in [-0.4, -0.2) is 16.6 Å². The average molecular weight is 276 g/mol. The molecule has 2 N–H and O–H groups in total. The van der Waals surface area contributed by atoms with Crippen molar-refractivity contribution in [3.8, 4) is 0 Å². The second-order valence-corrected chi connectivity index (χ2v) is 5.42. The standard InChI is InChI=1S/C18H16N2O/c21-18(15-5-1-3-12-8-10-20-17(12)15)14-6-7-16-13(11-14)4-2-9-19-16/h1-7,9,11,18,20-21H,8,10H2. The first-order chi connectivity index (χ1) is 10.3. The number of nitrogens with one attached hydrogen (secondary N) is 1. The Kier molecular flexibility index (Phi) is 2.86. The Bertz CT molecular complexity index is 813. The zero-order valence-electron chi connectivity index (χ0n) is 11.6. The Labute approximate surface area is 123 Å². The van der Waals surface area contributed by atoms with E-state index in [0.29, 0.717) is 0 Å². The van der Waals surface area contributed by atoms with Crippen molar-refractivity contribution in [2.24, 2.45) is 0 Å². The summed E-state index contributed by atoms with van der Waals surface area (Å²) < 4.78 is 0. The van der Waals surface area contributed by atoms with Crippen LogP contribution in [0.25, 0.3) is 10.9 Å². The number of aliphatic hydroxyl groups excluding tert-OH is 1. The molecule has 0 amide bonds. The first-order valence-corrected chi connectivity index (χ1v) is 7.21. The molecule has 2 aromatic carbocycles. The Morgan fingerprint density at radius 2 is 2.05 bits per heavy atom. The van der Waals surface area contributed by atoms with E-state index in [4.69, 9.17) is 0 Å². The van der Waals surface area contributed by atoms with Gasteiger partial charge in [0.15, 0.2) is 0 Å². The third kappa shape index (κ3) is 2.06. The van der Waals surface area contributed by atoms with Crippen LogP contribution in [0.5, 0.6) is 0 Å². The number of benzene rings is 2. The van der Waals surface area contributed by atoms with Gasteiger partial charge < -0.3 is 10.4 Å². The molecular formula is C18H16N2O. The SMILES string of the molecule is OC(c1ccc2ncccc2c1)c1cccc2c1NCC2. The summed E-state index contributed by atoms with van der Waals surface area (Å²) in [5.41, 5.74) is 5.18. The second kappa shape index (κ2) is 4.86. The van der Waals surface area contributed by atoms with Crippen LogP contribution >= 0.6 is 0 Å². The molecule has 3 nitrogen and oxygen atoms in total.